The molecule has 0 radical (unpaired) electrons. The van der Waals surface area contributed by atoms with Gasteiger partial charge in [-0.1, -0.05) is 36.5 Å². The van der Waals surface area contributed by atoms with Gasteiger partial charge >= 0.3 is 0 Å². The zero-order valence-corrected chi connectivity index (χ0v) is 18.2. The van der Waals surface area contributed by atoms with E-state index >= 15 is 0 Å². The van der Waals surface area contributed by atoms with Crippen LogP contribution in [0.4, 0.5) is 10.8 Å². The van der Waals surface area contributed by atoms with E-state index in [2.05, 4.69) is 33.7 Å². The number of hydrogen-bond acceptors (Lipinski definition) is 7. The third kappa shape index (κ3) is 4.42. The van der Waals surface area contributed by atoms with E-state index in [0.717, 1.165) is 24.1 Å². The largest absolute Gasteiger partial charge is 0.385 e. The molecule has 2 N–H and O–H groups in total. The molecule has 2 heterocycles. The first-order valence-electron chi connectivity index (χ1n) is 10.1. The van der Waals surface area contributed by atoms with E-state index in [9.17, 15) is 9.59 Å². The van der Waals surface area contributed by atoms with Crippen molar-refractivity contribution in [3.8, 4) is 0 Å². The smallest absolute Gasteiger partial charge is 0.283 e. The molecule has 8 nitrogen and oxygen atoms in total. The van der Waals surface area contributed by atoms with Crippen LogP contribution < -0.4 is 16.2 Å². The van der Waals surface area contributed by atoms with Crippen LogP contribution in [0.25, 0.3) is 15.9 Å². The molecular formula is C22H23N5O3S. The molecule has 0 saturated carbocycles. The summed E-state index contributed by atoms with van der Waals surface area (Å²) < 4.78 is 6.29. The Hall–Kier alpha value is -3.30. The molecule has 0 atom stereocenters. The summed E-state index contributed by atoms with van der Waals surface area (Å²) in [5, 5.41) is 11.5. The van der Waals surface area contributed by atoms with Crippen LogP contribution in [0.15, 0.2) is 47.3 Å². The molecule has 4 rings (SSSR count). The maximum Gasteiger partial charge on any atom is 0.283 e. The Kier molecular flexibility index (Phi) is 6.24. The highest BCUT2D eigenvalue weighted by atomic mass is 32.1. The molecule has 0 spiro atoms. The maximum absolute atomic E-state index is 12.9. The minimum Gasteiger partial charge on any atom is -0.385 e. The number of para-hydroxylation sites is 1. The van der Waals surface area contributed by atoms with Crippen LogP contribution >= 0.6 is 11.3 Å². The lowest BCUT2D eigenvalue weighted by atomic mass is 10.1. The Morgan fingerprint density at radius 3 is 2.87 bits per heavy atom. The van der Waals surface area contributed by atoms with Crippen LogP contribution in [0.3, 0.4) is 0 Å². The van der Waals surface area contributed by atoms with Crippen molar-refractivity contribution in [2.24, 2.45) is 0 Å². The predicted molar refractivity (Wildman–Crippen MR) is 123 cm³/mol. The minimum absolute atomic E-state index is 0.206. The second-order valence-electron chi connectivity index (χ2n) is 6.99. The van der Waals surface area contributed by atoms with E-state index in [1.165, 1.54) is 15.9 Å². The van der Waals surface area contributed by atoms with Crippen LogP contribution in [0, 0.1) is 0 Å². The van der Waals surface area contributed by atoms with Crippen molar-refractivity contribution in [3.05, 3.63) is 63.9 Å². The van der Waals surface area contributed by atoms with Crippen LogP contribution in [0.2, 0.25) is 0 Å². The lowest BCUT2D eigenvalue weighted by Gasteiger charge is -2.07. The Morgan fingerprint density at radius 1 is 1.23 bits per heavy atom. The van der Waals surface area contributed by atoms with Gasteiger partial charge in [0.2, 0.25) is 10.1 Å². The topological polar surface area (TPSA) is 97.6 Å². The molecule has 160 valence electrons. The summed E-state index contributed by atoms with van der Waals surface area (Å²) >= 11 is 1.29. The molecule has 0 unspecified atom stereocenters. The quantitative estimate of drug-likeness (QED) is 0.410. The molecular weight excluding hydrogens is 414 g/mol. The average Bonchev–Trinajstić information content (AvgIpc) is 3.19. The number of ether oxygens (including phenoxy) is 1. The third-order valence-corrected chi connectivity index (χ3v) is 5.73. The van der Waals surface area contributed by atoms with Gasteiger partial charge in [-0.2, -0.15) is 4.52 Å². The Labute approximate surface area is 182 Å². The number of carbonyl (C=O) groups is 1. The Bertz CT molecular complexity index is 1300. The molecule has 0 saturated heterocycles. The van der Waals surface area contributed by atoms with Gasteiger partial charge in [0.15, 0.2) is 0 Å². The summed E-state index contributed by atoms with van der Waals surface area (Å²) in [7, 11) is 1.62. The SMILES string of the molecule is CCc1ccccc1Nc1nn2c(=O)c3ccc(C(=O)NCCCOC)cc3nc2s1. The normalized spacial score (nSPS) is 11.2. The number of benzene rings is 2. The van der Waals surface area contributed by atoms with Gasteiger partial charge < -0.3 is 15.4 Å². The maximum atomic E-state index is 12.9. The lowest BCUT2D eigenvalue weighted by Crippen LogP contribution is -2.25. The minimum atomic E-state index is -0.264. The van der Waals surface area contributed by atoms with E-state index < -0.39 is 0 Å². The number of methoxy groups -OCH3 is 1. The van der Waals surface area contributed by atoms with E-state index in [0.29, 0.717) is 39.7 Å². The number of aromatic nitrogens is 3. The molecule has 31 heavy (non-hydrogen) atoms. The van der Waals surface area contributed by atoms with Crippen LogP contribution in [0.1, 0.15) is 29.3 Å². The summed E-state index contributed by atoms with van der Waals surface area (Å²) in [4.78, 5) is 30.4. The molecule has 0 aliphatic carbocycles. The molecule has 1 amide bonds. The van der Waals surface area contributed by atoms with Crippen LogP contribution in [-0.4, -0.2) is 40.8 Å². The predicted octanol–water partition coefficient (Wildman–Crippen LogP) is 3.38. The number of carbonyl (C=O) groups excluding carboxylic acids is 1. The molecule has 2 aromatic carbocycles. The highest BCUT2D eigenvalue weighted by Gasteiger charge is 2.14. The van der Waals surface area contributed by atoms with E-state index in [4.69, 9.17) is 4.74 Å². The standard InChI is InChI=1S/C22H23N5O3S/c1-3-14-7-4-5-8-17(14)24-21-26-27-20(29)16-10-9-15(13-18(16)25-22(27)31-21)19(28)23-11-6-12-30-2/h4-5,7-10,13H,3,6,11-12H2,1-2H3,(H,23,28)(H,24,26). The van der Waals surface area contributed by atoms with Gasteiger partial charge in [0, 0.05) is 31.5 Å². The number of nitrogens with one attached hydrogen (secondary N) is 2. The first-order valence-corrected chi connectivity index (χ1v) is 10.9. The molecule has 0 aliphatic heterocycles. The zero-order valence-electron chi connectivity index (χ0n) is 17.3. The van der Waals surface area contributed by atoms with Gasteiger partial charge in [-0.15, -0.1) is 5.10 Å². The van der Waals surface area contributed by atoms with Gasteiger partial charge in [0.05, 0.1) is 10.9 Å². The second kappa shape index (κ2) is 9.23. The van der Waals surface area contributed by atoms with Gasteiger partial charge in [-0.3, -0.25) is 9.59 Å². The van der Waals surface area contributed by atoms with Gasteiger partial charge in [0.1, 0.15) is 0 Å². The van der Waals surface area contributed by atoms with Crippen molar-refractivity contribution in [2.45, 2.75) is 19.8 Å². The first-order chi connectivity index (χ1) is 15.1. The number of anilines is 2. The molecule has 0 aliphatic rings. The molecule has 0 bridgehead atoms. The zero-order chi connectivity index (χ0) is 21.8. The number of aryl methyl sites for hydroxylation is 1. The van der Waals surface area contributed by atoms with Crippen molar-refractivity contribution >= 4 is 43.9 Å². The fourth-order valence-electron chi connectivity index (χ4n) is 3.29. The summed E-state index contributed by atoms with van der Waals surface area (Å²) in [5.41, 5.74) is 2.78. The fraction of sp³-hybridized carbons (Fsp3) is 0.273. The summed E-state index contributed by atoms with van der Waals surface area (Å²) in [6.45, 7) is 3.19. The van der Waals surface area contributed by atoms with Crippen molar-refractivity contribution in [1.82, 2.24) is 19.9 Å². The second-order valence-corrected chi connectivity index (χ2v) is 7.94. The number of amides is 1. The van der Waals surface area contributed by atoms with E-state index in [-0.39, 0.29) is 11.5 Å². The number of rotatable bonds is 8. The molecule has 9 heteroatoms. The number of fused-ring (bicyclic) bond motifs is 2. The molecule has 4 aromatic rings. The van der Waals surface area contributed by atoms with Gasteiger partial charge in [0.25, 0.3) is 11.5 Å². The van der Waals surface area contributed by atoms with Crippen LogP contribution in [0.5, 0.6) is 0 Å². The summed E-state index contributed by atoms with van der Waals surface area (Å²) in [6.07, 6.45) is 1.61. The van der Waals surface area contributed by atoms with Crippen molar-refractivity contribution in [2.75, 3.05) is 25.6 Å². The Balaban J connectivity index is 1.64. The van der Waals surface area contributed by atoms with E-state index in [1.54, 1.807) is 25.3 Å². The first kappa shape index (κ1) is 21.0. The van der Waals surface area contributed by atoms with Gasteiger partial charge in [-0.25, -0.2) is 4.98 Å². The van der Waals surface area contributed by atoms with E-state index in [1.807, 2.05) is 18.2 Å². The van der Waals surface area contributed by atoms with Gasteiger partial charge in [-0.05, 0) is 42.7 Å². The highest BCUT2D eigenvalue weighted by molar-refractivity contribution is 7.20. The molecule has 2 aromatic heterocycles. The third-order valence-electron chi connectivity index (χ3n) is 4.91. The lowest BCUT2D eigenvalue weighted by molar-refractivity contribution is 0.0948. The summed E-state index contributed by atoms with van der Waals surface area (Å²) in [6, 6.07) is 12.9. The van der Waals surface area contributed by atoms with Crippen molar-refractivity contribution in [1.29, 1.82) is 0 Å². The monoisotopic (exact) mass is 437 g/mol. The highest BCUT2D eigenvalue weighted by Crippen LogP contribution is 2.25. The van der Waals surface area contributed by atoms with Crippen molar-refractivity contribution < 1.29 is 9.53 Å². The molecule has 0 fully saturated rings. The number of nitrogens with zero attached hydrogens (tertiary/aromatic N) is 3. The number of hydrogen-bond donors (Lipinski definition) is 2. The van der Waals surface area contributed by atoms with Crippen LogP contribution in [-0.2, 0) is 11.2 Å². The average molecular weight is 438 g/mol. The van der Waals surface area contributed by atoms with Crippen molar-refractivity contribution in [3.63, 3.8) is 0 Å². The Morgan fingerprint density at radius 2 is 2.06 bits per heavy atom. The fourth-order valence-corrected chi connectivity index (χ4v) is 4.10. The summed E-state index contributed by atoms with van der Waals surface area (Å²) in [5.74, 6) is -0.206.